The van der Waals surface area contributed by atoms with E-state index >= 15 is 0 Å². The van der Waals surface area contributed by atoms with Crippen molar-refractivity contribution < 1.29 is 0 Å². The van der Waals surface area contributed by atoms with Gasteiger partial charge < -0.3 is 0 Å². The molecule has 0 aliphatic carbocycles. The van der Waals surface area contributed by atoms with Crippen molar-refractivity contribution in [3.63, 3.8) is 0 Å². The first-order valence-electron chi connectivity index (χ1n) is 19.1. The van der Waals surface area contributed by atoms with Crippen LogP contribution in [0.1, 0.15) is 11.4 Å². The van der Waals surface area contributed by atoms with Gasteiger partial charge in [-0.2, -0.15) is 0 Å². The maximum atomic E-state index is 5.41. The van der Waals surface area contributed by atoms with Crippen molar-refractivity contribution >= 4 is 53.3 Å². The van der Waals surface area contributed by atoms with Gasteiger partial charge in [-0.05, 0) is 47.0 Å². The molecule has 0 aliphatic rings. The summed E-state index contributed by atoms with van der Waals surface area (Å²) in [5.74, 6) is 2.81. The molecule has 6 heteroatoms. The van der Waals surface area contributed by atoms with Crippen LogP contribution in [0.5, 0.6) is 0 Å². The van der Waals surface area contributed by atoms with Crippen molar-refractivity contribution in [3.05, 3.63) is 200 Å². The molecule has 0 fully saturated rings. The van der Waals surface area contributed by atoms with E-state index in [0.29, 0.717) is 23.9 Å². The summed E-state index contributed by atoms with van der Waals surface area (Å²) in [6.07, 6.45) is 2.46. The standard InChI is InChI=1S/C51H33N5S/c1-4-16-33(17-5-1)38-22-10-11-23-39(38)37-28-36(29-48-53-49(34-18-6-2-7-19-34)55-50(54-48)35-20-8-3-9-21-35)51(52-32-37)56-44-26-14-12-24-40(44)42-31-47-43(30-45(42)56)41-25-13-15-27-46(41)57-47/h1-28,30-32H,29H2. The van der Waals surface area contributed by atoms with E-state index in [-0.39, 0.29) is 0 Å². The van der Waals surface area contributed by atoms with Gasteiger partial charge in [0.1, 0.15) is 11.6 Å². The number of fused-ring (bicyclic) bond motifs is 6. The Morgan fingerprint density at radius 1 is 0.421 bits per heavy atom. The lowest BCUT2D eigenvalue weighted by molar-refractivity contribution is 0.914. The molecule has 11 aromatic rings. The Balaban J connectivity index is 1.17. The lowest BCUT2D eigenvalue weighted by atomic mass is 9.94. The number of para-hydroxylation sites is 1. The van der Waals surface area contributed by atoms with E-state index in [2.05, 4.69) is 150 Å². The van der Waals surface area contributed by atoms with Crippen molar-refractivity contribution in [1.82, 2.24) is 24.5 Å². The van der Waals surface area contributed by atoms with E-state index in [0.717, 1.165) is 55.8 Å². The molecule has 4 aromatic heterocycles. The second-order valence-electron chi connectivity index (χ2n) is 14.2. The van der Waals surface area contributed by atoms with E-state index in [1.165, 1.54) is 30.9 Å². The summed E-state index contributed by atoms with van der Waals surface area (Å²) in [5, 5.41) is 4.91. The molecule has 7 aromatic carbocycles. The van der Waals surface area contributed by atoms with Crippen LogP contribution in [0.3, 0.4) is 0 Å². The van der Waals surface area contributed by atoms with Crippen LogP contribution in [0.4, 0.5) is 0 Å². The average Bonchev–Trinajstić information content (AvgIpc) is 3.81. The highest BCUT2D eigenvalue weighted by molar-refractivity contribution is 7.25. The SMILES string of the molecule is c1ccc(-c2nc(Cc3cc(-c4ccccc4-c4ccccc4)cnc3-n3c4ccccc4c4cc5sc6ccccc6c5cc43)nc(-c3ccccc3)n2)cc1. The number of hydrogen-bond acceptors (Lipinski definition) is 5. The summed E-state index contributed by atoms with van der Waals surface area (Å²) in [6.45, 7) is 0. The summed E-state index contributed by atoms with van der Waals surface area (Å²) in [4.78, 5) is 20.7. The lowest BCUT2D eigenvalue weighted by Crippen LogP contribution is -2.08. The highest BCUT2D eigenvalue weighted by Gasteiger charge is 2.21. The monoisotopic (exact) mass is 747 g/mol. The summed E-state index contributed by atoms with van der Waals surface area (Å²) in [5.41, 5.74) is 9.57. The van der Waals surface area contributed by atoms with Gasteiger partial charge in [0.05, 0.1) is 11.0 Å². The fourth-order valence-electron chi connectivity index (χ4n) is 8.10. The zero-order chi connectivity index (χ0) is 37.7. The van der Waals surface area contributed by atoms with E-state index < -0.39 is 0 Å². The molecular weight excluding hydrogens is 715 g/mol. The van der Waals surface area contributed by atoms with Crippen molar-refractivity contribution in [2.24, 2.45) is 0 Å². The van der Waals surface area contributed by atoms with Crippen molar-refractivity contribution in [1.29, 1.82) is 0 Å². The van der Waals surface area contributed by atoms with Gasteiger partial charge in [-0.3, -0.25) is 4.57 Å². The van der Waals surface area contributed by atoms with Gasteiger partial charge in [-0.25, -0.2) is 19.9 Å². The Labute approximate surface area is 333 Å². The first kappa shape index (κ1) is 33.1. The normalized spacial score (nSPS) is 11.6. The average molecular weight is 748 g/mol. The molecule has 0 unspecified atom stereocenters. The predicted molar refractivity (Wildman–Crippen MR) is 236 cm³/mol. The van der Waals surface area contributed by atoms with Crippen LogP contribution in [0.2, 0.25) is 0 Å². The number of nitrogens with zero attached hydrogens (tertiary/aromatic N) is 5. The summed E-state index contributed by atoms with van der Waals surface area (Å²) >= 11 is 1.85. The van der Waals surface area contributed by atoms with Crippen LogP contribution < -0.4 is 0 Å². The highest BCUT2D eigenvalue weighted by atomic mass is 32.1. The van der Waals surface area contributed by atoms with Crippen molar-refractivity contribution in [3.8, 4) is 50.8 Å². The fraction of sp³-hybridized carbons (Fsp3) is 0.0196. The van der Waals surface area contributed by atoms with Crippen LogP contribution in [-0.4, -0.2) is 24.5 Å². The molecule has 57 heavy (non-hydrogen) atoms. The minimum Gasteiger partial charge on any atom is -0.294 e. The van der Waals surface area contributed by atoms with E-state index in [1.54, 1.807) is 0 Å². The van der Waals surface area contributed by atoms with E-state index in [9.17, 15) is 0 Å². The third kappa shape index (κ3) is 5.86. The van der Waals surface area contributed by atoms with Crippen molar-refractivity contribution in [2.45, 2.75) is 6.42 Å². The number of hydrogen-bond donors (Lipinski definition) is 0. The molecule has 0 bridgehead atoms. The maximum absolute atomic E-state index is 5.41. The third-order valence-electron chi connectivity index (χ3n) is 10.7. The van der Waals surface area contributed by atoms with Gasteiger partial charge in [-0.15, -0.1) is 11.3 Å². The van der Waals surface area contributed by atoms with Gasteiger partial charge in [0.25, 0.3) is 0 Å². The zero-order valence-electron chi connectivity index (χ0n) is 30.7. The molecular formula is C51H33N5S. The van der Waals surface area contributed by atoms with Crippen molar-refractivity contribution in [2.75, 3.05) is 0 Å². The molecule has 0 aliphatic heterocycles. The molecule has 0 radical (unpaired) electrons. The second-order valence-corrected chi connectivity index (χ2v) is 15.3. The minimum absolute atomic E-state index is 0.434. The fourth-order valence-corrected chi connectivity index (χ4v) is 9.23. The molecule has 268 valence electrons. The first-order chi connectivity index (χ1) is 28.2. The Morgan fingerprint density at radius 2 is 1.00 bits per heavy atom. The van der Waals surface area contributed by atoms with Gasteiger partial charge in [0.2, 0.25) is 0 Å². The maximum Gasteiger partial charge on any atom is 0.163 e. The van der Waals surface area contributed by atoms with Gasteiger partial charge in [0, 0.05) is 65.8 Å². The number of pyridine rings is 1. The Hall–Kier alpha value is -7.28. The van der Waals surface area contributed by atoms with E-state index in [1.807, 2.05) is 53.9 Å². The first-order valence-corrected chi connectivity index (χ1v) is 19.9. The number of rotatable bonds is 7. The van der Waals surface area contributed by atoms with Gasteiger partial charge in [0.15, 0.2) is 11.6 Å². The number of aromatic nitrogens is 5. The molecule has 0 spiro atoms. The largest absolute Gasteiger partial charge is 0.294 e. The minimum atomic E-state index is 0.434. The smallest absolute Gasteiger partial charge is 0.163 e. The van der Waals surface area contributed by atoms with Crippen LogP contribution in [-0.2, 0) is 6.42 Å². The van der Waals surface area contributed by atoms with Crippen LogP contribution in [0.25, 0.3) is 92.8 Å². The van der Waals surface area contributed by atoms with Crippen LogP contribution in [0.15, 0.2) is 188 Å². The molecule has 0 saturated heterocycles. The zero-order valence-corrected chi connectivity index (χ0v) is 31.6. The second kappa shape index (κ2) is 13.8. The third-order valence-corrected chi connectivity index (χ3v) is 11.9. The summed E-state index contributed by atoms with van der Waals surface area (Å²) in [7, 11) is 0. The summed E-state index contributed by atoms with van der Waals surface area (Å²) < 4.78 is 4.91. The number of thiophene rings is 1. The summed E-state index contributed by atoms with van der Waals surface area (Å²) in [6, 6.07) is 63.8. The topological polar surface area (TPSA) is 56.5 Å². The molecule has 0 N–H and O–H groups in total. The van der Waals surface area contributed by atoms with Gasteiger partial charge in [-0.1, -0.05) is 152 Å². The quantitative estimate of drug-likeness (QED) is 0.163. The molecule has 11 rings (SSSR count). The van der Waals surface area contributed by atoms with Crippen LogP contribution in [0, 0.1) is 0 Å². The Kier molecular flexibility index (Phi) is 8.00. The van der Waals surface area contributed by atoms with Gasteiger partial charge >= 0.3 is 0 Å². The lowest BCUT2D eigenvalue weighted by Gasteiger charge is -2.16. The highest BCUT2D eigenvalue weighted by Crippen LogP contribution is 2.41. The number of benzene rings is 7. The van der Waals surface area contributed by atoms with E-state index in [4.69, 9.17) is 19.9 Å². The molecule has 4 heterocycles. The van der Waals surface area contributed by atoms with Crippen LogP contribution >= 0.6 is 11.3 Å². The molecule has 0 amide bonds. The predicted octanol–water partition coefficient (Wildman–Crippen LogP) is 13.0. The molecule has 5 nitrogen and oxygen atoms in total. The Morgan fingerprint density at radius 3 is 1.70 bits per heavy atom. The molecule has 0 atom stereocenters. The molecule has 0 saturated carbocycles. The Bertz CT molecular complexity index is 3200.